The van der Waals surface area contributed by atoms with Gasteiger partial charge in [0, 0.05) is 54.5 Å². The van der Waals surface area contributed by atoms with Gasteiger partial charge in [-0.2, -0.15) is 4.31 Å². The van der Waals surface area contributed by atoms with Gasteiger partial charge in [-0.3, -0.25) is 9.59 Å². The standard InChI is InChI=1S/C25H28N4O5S/c1-17-14-24(30)27-22-6-4-18(15-20(17)22)26-25(31)21-16-19(5-7-23(21)28-8-2-3-9-28)35(32,33)29-10-12-34-13-11-29/h4-7,14-16H,2-3,8-13H2,1H3,(H,26,31)(H,27,30). The molecule has 1 amide bonds. The number of fused-ring (bicyclic) bond motifs is 1. The van der Waals surface area contributed by atoms with E-state index in [0.717, 1.165) is 42.6 Å². The van der Waals surface area contributed by atoms with Gasteiger partial charge in [0.1, 0.15) is 0 Å². The molecule has 3 heterocycles. The summed E-state index contributed by atoms with van der Waals surface area (Å²) < 4.78 is 33.2. The predicted molar refractivity (Wildman–Crippen MR) is 135 cm³/mol. The van der Waals surface area contributed by atoms with Crippen LogP contribution < -0.4 is 15.8 Å². The molecule has 0 aliphatic carbocycles. The van der Waals surface area contributed by atoms with E-state index in [1.807, 2.05) is 13.0 Å². The topological polar surface area (TPSA) is 112 Å². The van der Waals surface area contributed by atoms with Gasteiger partial charge in [0.2, 0.25) is 15.6 Å². The number of carbonyl (C=O) groups excluding carboxylic acids is 1. The number of anilines is 2. The van der Waals surface area contributed by atoms with Crippen LogP contribution in [0, 0.1) is 6.92 Å². The van der Waals surface area contributed by atoms with Crippen LogP contribution in [0.15, 0.2) is 52.2 Å². The number of ether oxygens (including phenoxy) is 1. The molecule has 10 heteroatoms. The summed E-state index contributed by atoms with van der Waals surface area (Å²) in [4.78, 5) is 30.3. The number of rotatable bonds is 5. The number of pyridine rings is 1. The van der Waals surface area contributed by atoms with Crippen molar-refractivity contribution in [2.45, 2.75) is 24.7 Å². The lowest BCUT2D eigenvalue weighted by Gasteiger charge is -2.27. The highest BCUT2D eigenvalue weighted by Gasteiger charge is 2.29. The first-order valence-corrected chi connectivity index (χ1v) is 13.2. The Morgan fingerprint density at radius 1 is 1.00 bits per heavy atom. The van der Waals surface area contributed by atoms with Gasteiger partial charge >= 0.3 is 0 Å². The van der Waals surface area contributed by atoms with E-state index in [2.05, 4.69) is 15.2 Å². The smallest absolute Gasteiger partial charge is 0.257 e. The molecule has 3 aromatic rings. The Balaban J connectivity index is 1.51. The Morgan fingerprint density at radius 2 is 1.74 bits per heavy atom. The van der Waals surface area contributed by atoms with Crippen molar-refractivity contribution >= 4 is 38.2 Å². The van der Waals surface area contributed by atoms with E-state index in [1.54, 1.807) is 24.3 Å². The summed E-state index contributed by atoms with van der Waals surface area (Å²) in [5.41, 5.74) is 2.91. The lowest BCUT2D eigenvalue weighted by atomic mass is 10.1. The number of aryl methyl sites for hydroxylation is 1. The van der Waals surface area contributed by atoms with Crippen LogP contribution in [0.3, 0.4) is 0 Å². The quantitative estimate of drug-likeness (QED) is 0.562. The molecule has 1 aromatic heterocycles. The van der Waals surface area contributed by atoms with Crippen LogP contribution >= 0.6 is 0 Å². The van der Waals surface area contributed by atoms with Crippen molar-refractivity contribution in [3.05, 3.63) is 63.9 Å². The maximum absolute atomic E-state index is 13.5. The fourth-order valence-corrected chi connectivity index (χ4v) is 6.16. The lowest BCUT2D eigenvalue weighted by molar-refractivity contribution is 0.0730. The van der Waals surface area contributed by atoms with Gasteiger partial charge < -0.3 is 19.9 Å². The highest BCUT2D eigenvalue weighted by molar-refractivity contribution is 7.89. The molecule has 2 fully saturated rings. The van der Waals surface area contributed by atoms with Crippen LogP contribution in [0.4, 0.5) is 11.4 Å². The fraction of sp³-hybridized carbons (Fsp3) is 0.360. The number of H-pyrrole nitrogens is 1. The number of morpholine rings is 1. The molecule has 2 aromatic carbocycles. The molecule has 0 radical (unpaired) electrons. The number of nitrogens with one attached hydrogen (secondary N) is 2. The first-order chi connectivity index (χ1) is 16.8. The molecule has 184 valence electrons. The average molecular weight is 497 g/mol. The number of carbonyl (C=O) groups is 1. The Morgan fingerprint density at radius 3 is 2.49 bits per heavy atom. The Hall–Kier alpha value is -3.21. The summed E-state index contributed by atoms with van der Waals surface area (Å²) in [5, 5.41) is 3.75. The Bertz CT molecular complexity index is 1440. The molecule has 2 N–H and O–H groups in total. The molecule has 2 saturated heterocycles. The first kappa shape index (κ1) is 23.5. The minimum atomic E-state index is -3.75. The van der Waals surface area contributed by atoms with E-state index in [4.69, 9.17) is 4.74 Å². The molecule has 0 saturated carbocycles. The predicted octanol–water partition coefficient (Wildman–Crippen LogP) is 2.71. The zero-order chi connectivity index (χ0) is 24.6. The average Bonchev–Trinajstić information content (AvgIpc) is 3.39. The molecular formula is C25H28N4O5S. The van der Waals surface area contributed by atoms with Crippen molar-refractivity contribution in [2.75, 3.05) is 49.6 Å². The summed E-state index contributed by atoms with van der Waals surface area (Å²) in [5.74, 6) is -0.382. The molecule has 5 rings (SSSR count). The van der Waals surface area contributed by atoms with Gasteiger partial charge in [-0.25, -0.2) is 8.42 Å². The van der Waals surface area contributed by atoms with E-state index in [-0.39, 0.29) is 29.5 Å². The van der Waals surface area contributed by atoms with E-state index >= 15 is 0 Å². The van der Waals surface area contributed by atoms with Crippen molar-refractivity contribution < 1.29 is 17.9 Å². The molecule has 9 nitrogen and oxygen atoms in total. The molecular weight excluding hydrogens is 468 g/mol. The molecule has 35 heavy (non-hydrogen) atoms. The monoisotopic (exact) mass is 496 g/mol. The first-order valence-electron chi connectivity index (χ1n) is 11.7. The minimum absolute atomic E-state index is 0.0967. The van der Waals surface area contributed by atoms with Gasteiger partial charge in [0.05, 0.1) is 23.7 Å². The van der Waals surface area contributed by atoms with Crippen LogP contribution in [0.2, 0.25) is 0 Å². The Kier molecular flexibility index (Phi) is 6.35. The lowest BCUT2D eigenvalue weighted by Crippen LogP contribution is -2.40. The number of amides is 1. The highest BCUT2D eigenvalue weighted by atomic mass is 32.2. The van der Waals surface area contributed by atoms with E-state index in [1.165, 1.54) is 16.4 Å². The van der Waals surface area contributed by atoms with Crippen LogP contribution in [-0.4, -0.2) is 63.0 Å². The molecule has 0 spiro atoms. The molecule has 0 bridgehead atoms. The maximum Gasteiger partial charge on any atom is 0.257 e. The van der Waals surface area contributed by atoms with Gasteiger partial charge in [0.25, 0.3) is 5.91 Å². The summed E-state index contributed by atoms with van der Waals surface area (Å²) in [6.07, 6.45) is 2.05. The maximum atomic E-state index is 13.5. The molecule has 0 atom stereocenters. The van der Waals surface area contributed by atoms with E-state index < -0.39 is 10.0 Å². The third-order valence-electron chi connectivity index (χ3n) is 6.57. The number of aromatic amines is 1. The van der Waals surface area contributed by atoms with E-state index in [0.29, 0.717) is 30.0 Å². The second-order valence-corrected chi connectivity index (χ2v) is 10.9. The second-order valence-electron chi connectivity index (χ2n) is 8.92. The van der Waals surface area contributed by atoms with Crippen molar-refractivity contribution in [3.8, 4) is 0 Å². The molecule has 2 aliphatic heterocycles. The second kappa shape index (κ2) is 9.44. The van der Waals surface area contributed by atoms with Crippen LogP contribution in [0.1, 0.15) is 28.8 Å². The highest BCUT2D eigenvalue weighted by Crippen LogP contribution is 2.30. The van der Waals surface area contributed by atoms with Crippen molar-refractivity contribution in [1.82, 2.24) is 9.29 Å². The van der Waals surface area contributed by atoms with Gasteiger partial charge in [-0.15, -0.1) is 0 Å². The summed E-state index contributed by atoms with van der Waals surface area (Å²) >= 11 is 0. The summed E-state index contributed by atoms with van der Waals surface area (Å²) in [6.45, 7) is 4.76. The molecule has 2 aliphatic rings. The van der Waals surface area contributed by atoms with Crippen molar-refractivity contribution in [2.24, 2.45) is 0 Å². The van der Waals surface area contributed by atoms with Crippen LogP contribution in [0.5, 0.6) is 0 Å². The fourth-order valence-electron chi connectivity index (χ4n) is 4.73. The summed E-state index contributed by atoms with van der Waals surface area (Å²) in [7, 11) is -3.75. The normalized spacial score (nSPS) is 17.1. The third kappa shape index (κ3) is 4.69. The number of aromatic nitrogens is 1. The van der Waals surface area contributed by atoms with Gasteiger partial charge in [-0.05, 0) is 61.7 Å². The van der Waals surface area contributed by atoms with Gasteiger partial charge in [0.15, 0.2) is 0 Å². The number of nitrogens with zero attached hydrogens (tertiary/aromatic N) is 2. The number of sulfonamides is 1. The van der Waals surface area contributed by atoms with Crippen molar-refractivity contribution in [3.63, 3.8) is 0 Å². The largest absolute Gasteiger partial charge is 0.379 e. The van der Waals surface area contributed by atoms with Crippen LogP contribution in [-0.2, 0) is 14.8 Å². The van der Waals surface area contributed by atoms with Crippen LogP contribution in [0.25, 0.3) is 10.9 Å². The van der Waals surface area contributed by atoms with Crippen molar-refractivity contribution in [1.29, 1.82) is 0 Å². The number of hydrogen-bond donors (Lipinski definition) is 2. The van der Waals surface area contributed by atoms with E-state index in [9.17, 15) is 18.0 Å². The third-order valence-corrected chi connectivity index (χ3v) is 8.47. The molecule has 0 unspecified atom stereocenters. The SMILES string of the molecule is Cc1cc(=O)[nH]c2ccc(NC(=O)c3cc(S(=O)(=O)N4CCOCC4)ccc3N3CCCC3)cc12. The number of benzene rings is 2. The minimum Gasteiger partial charge on any atom is -0.379 e. The summed E-state index contributed by atoms with van der Waals surface area (Å²) in [6, 6.07) is 11.6. The zero-order valence-electron chi connectivity index (χ0n) is 19.5. The number of hydrogen-bond acceptors (Lipinski definition) is 6. The zero-order valence-corrected chi connectivity index (χ0v) is 20.4. The van der Waals surface area contributed by atoms with Gasteiger partial charge in [-0.1, -0.05) is 0 Å². The Labute approximate surface area is 203 Å².